The third kappa shape index (κ3) is 1.03. The highest BCUT2D eigenvalue weighted by Gasteiger charge is 1.85. The van der Waals surface area contributed by atoms with Crippen LogP contribution in [0.2, 0.25) is 0 Å². The molecule has 0 bridgehead atoms. The van der Waals surface area contributed by atoms with Crippen LogP contribution in [0.25, 0.3) is 0 Å². The van der Waals surface area contributed by atoms with Crippen molar-refractivity contribution in [1.29, 1.82) is 0 Å². The van der Waals surface area contributed by atoms with Gasteiger partial charge in [0, 0.05) is 18.0 Å². The van der Waals surface area contributed by atoms with Gasteiger partial charge in [0.1, 0.15) is 0 Å². The number of hydrogen-bond acceptors (Lipinski definition) is 1. The van der Waals surface area contributed by atoms with Crippen molar-refractivity contribution in [3.8, 4) is 0 Å². The Hall–Kier alpha value is -0.920. The van der Waals surface area contributed by atoms with Crippen LogP contribution in [0.4, 0.5) is 4.39 Å². The zero-order valence-corrected chi connectivity index (χ0v) is 4.21. The lowest BCUT2D eigenvalue weighted by Crippen LogP contribution is -1.74. The molecule has 0 saturated carbocycles. The van der Waals surface area contributed by atoms with Crippen LogP contribution in [0, 0.1) is 6.67 Å². The third-order valence-electron chi connectivity index (χ3n) is 0.810. The van der Waals surface area contributed by atoms with Crippen LogP contribution in [-0.2, 0) is 0 Å². The van der Waals surface area contributed by atoms with E-state index in [1.807, 2.05) is 0 Å². The van der Waals surface area contributed by atoms with Crippen molar-refractivity contribution in [3.63, 3.8) is 0 Å². The lowest BCUT2D eigenvalue weighted by Gasteiger charge is -1.85. The molecule has 0 fully saturated rings. The van der Waals surface area contributed by atoms with Crippen molar-refractivity contribution in [1.82, 2.24) is 4.98 Å². The van der Waals surface area contributed by atoms with Gasteiger partial charge in [-0.15, -0.1) is 0 Å². The van der Waals surface area contributed by atoms with Crippen molar-refractivity contribution in [2.24, 2.45) is 0 Å². The molecule has 1 radical (unpaired) electrons. The van der Waals surface area contributed by atoms with Crippen LogP contribution in [0.1, 0.15) is 5.56 Å². The summed E-state index contributed by atoms with van der Waals surface area (Å²) in [6.07, 6.45) is 3.06. The smallest absolute Gasteiger partial charge is 0.162 e. The van der Waals surface area contributed by atoms with Crippen molar-refractivity contribution in [2.45, 2.75) is 0 Å². The molecule has 0 aliphatic heterocycles. The van der Waals surface area contributed by atoms with Crippen LogP contribution in [0.3, 0.4) is 0 Å². The van der Waals surface area contributed by atoms with E-state index in [-0.39, 0.29) is 0 Å². The predicted octanol–water partition coefficient (Wildman–Crippen LogP) is 1.56. The SMILES string of the molecule is F[CH]c1cccnc1. The van der Waals surface area contributed by atoms with Crippen LogP contribution >= 0.6 is 0 Å². The minimum absolute atomic E-state index is 0.507. The molecule has 2 heteroatoms. The predicted molar refractivity (Wildman–Crippen MR) is 28.7 cm³/mol. The molecular formula is C6H5FN. The second-order valence-corrected chi connectivity index (χ2v) is 1.40. The molecule has 1 aromatic rings. The Bertz CT molecular complexity index is 150. The highest BCUT2D eigenvalue weighted by atomic mass is 19.1. The van der Waals surface area contributed by atoms with Crippen molar-refractivity contribution in [3.05, 3.63) is 36.8 Å². The van der Waals surface area contributed by atoms with E-state index in [9.17, 15) is 4.39 Å². The molecule has 0 spiro atoms. The van der Waals surface area contributed by atoms with Gasteiger partial charge in [-0.3, -0.25) is 4.98 Å². The molecule has 41 valence electrons. The Balaban J connectivity index is 2.83. The summed E-state index contributed by atoms with van der Waals surface area (Å²) in [6, 6.07) is 3.33. The number of hydrogen-bond donors (Lipinski definition) is 0. The van der Waals surface area contributed by atoms with Crippen molar-refractivity contribution >= 4 is 0 Å². The maximum Gasteiger partial charge on any atom is 0.162 e. The zero-order valence-electron chi connectivity index (χ0n) is 4.21. The molecule has 0 aliphatic carbocycles. The molecule has 8 heavy (non-hydrogen) atoms. The van der Waals surface area contributed by atoms with Gasteiger partial charge in [-0.25, -0.2) is 4.39 Å². The highest BCUT2D eigenvalue weighted by Crippen LogP contribution is 1.97. The van der Waals surface area contributed by atoms with E-state index in [1.54, 1.807) is 18.3 Å². The lowest BCUT2D eigenvalue weighted by atomic mass is 10.3. The Labute approximate surface area is 47.2 Å². The van der Waals surface area contributed by atoms with Gasteiger partial charge >= 0.3 is 0 Å². The number of rotatable bonds is 1. The van der Waals surface area contributed by atoms with Crippen LogP contribution in [0.15, 0.2) is 24.5 Å². The fourth-order valence-corrected chi connectivity index (χ4v) is 0.441. The van der Waals surface area contributed by atoms with E-state index in [4.69, 9.17) is 0 Å². The van der Waals surface area contributed by atoms with Crippen LogP contribution < -0.4 is 0 Å². The quantitative estimate of drug-likeness (QED) is 0.534. The molecule has 0 atom stereocenters. The summed E-state index contributed by atoms with van der Waals surface area (Å²) in [7, 11) is 0. The van der Waals surface area contributed by atoms with Gasteiger partial charge in [-0.05, 0) is 6.07 Å². The van der Waals surface area contributed by atoms with E-state index < -0.39 is 0 Å². The molecule has 0 unspecified atom stereocenters. The van der Waals surface area contributed by atoms with E-state index in [0.29, 0.717) is 12.2 Å². The number of aromatic nitrogens is 1. The maximum atomic E-state index is 11.6. The Kier molecular flexibility index (Phi) is 1.57. The first-order valence-electron chi connectivity index (χ1n) is 2.27. The van der Waals surface area contributed by atoms with E-state index in [0.717, 1.165) is 0 Å². The average molecular weight is 110 g/mol. The average Bonchev–Trinajstić information content (AvgIpc) is 1.90. The van der Waals surface area contributed by atoms with Gasteiger partial charge in [-0.1, -0.05) is 6.07 Å². The largest absolute Gasteiger partial charge is 0.264 e. The molecule has 0 aromatic carbocycles. The van der Waals surface area contributed by atoms with Gasteiger partial charge in [0.05, 0.1) is 0 Å². The summed E-state index contributed by atoms with van der Waals surface area (Å²) in [6.45, 7) is 0.521. The summed E-state index contributed by atoms with van der Waals surface area (Å²) in [5.41, 5.74) is 0.507. The molecular weight excluding hydrogens is 105 g/mol. The van der Waals surface area contributed by atoms with E-state index in [2.05, 4.69) is 4.98 Å². The van der Waals surface area contributed by atoms with Crippen molar-refractivity contribution < 1.29 is 4.39 Å². The summed E-state index contributed by atoms with van der Waals surface area (Å²) in [5.74, 6) is 0. The van der Waals surface area contributed by atoms with E-state index in [1.165, 1.54) is 6.20 Å². The molecule has 1 rings (SSSR count). The second kappa shape index (κ2) is 2.40. The third-order valence-corrected chi connectivity index (χ3v) is 0.810. The van der Waals surface area contributed by atoms with Gasteiger partial charge in [0.15, 0.2) is 6.67 Å². The lowest BCUT2D eigenvalue weighted by molar-refractivity contribution is 0.645. The minimum Gasteiger partial charge on any atom is -0.264 e. The van der Waals surface area contributed by atoms with Gasteiger partial charge in [0.2, 0.25) is 0 Å². The topological polar surface area (TPSA) is 12.9 Å². The van der Waals surface area contributed by atoms with Crippen LogP contribution in [0.5, 0.6) is 0 Å². The summed E-state index contributed by atoms with van der Waals surface area (Å²) >= 11 is 0. The van der Waals surface area contributed by atoms with Crippen molar-refractivity contribution in [2.75, 3.05) is 0 Å². The number of nitrogens with zero attached hydrogens (tertiary/aromatic N) is 1. The molecule has 0 saturated heterocycles. The molecule has 1 heterocycles. The fourth-order valence-electron chi connectivity index (χ4n) is 0.441. The minimum atomic E-state index is 0.507. The standard InChI is InChI=1S/C6H5FN/c7-4-6-2-1-3-8-5-6/h1-5H. The Morgan fingerprint density at radius 2 is 2.50 bits per heavy atom. The number of pyridine rings is 1. The molecule has 0 N–H and O–H groups in total. The number of halogens is 1. The first kappa shape index (κ1) is 5.22. The molecule has 1 aromatic heterocycles. The van der Waals surface area contributed by atoms with Crippen LogP contribution in [-0.4, -0.2) is 4.98 Å². The normalized spacial score (nSPS) is 9.12. The van der Waals surface area contributed by atoms with Gasteiger partial charge < -0.3 is 0 Å². The molecule has 0 amide bonds. The monoisotopic (exact) mass is 110 g/mol. The van der Waals surface area contributed by atoms with E-state index >= 15 is 0 Å². The first-order valence-corrected chi connectivity index (χ1v) is 2.27. The maximum absolute atomic E-state index is 11.6. The zero-order chi connectivity index (χ0) is 5.82. The molecule has 0 aliphatic rings. The molecule has 1 nitrogen and oxygen atoms in total. The van der Waals surface area contributed by atoms with Gasteiger partial charge in [-0.2, -0.15) is 0 Å². The summed E-state index contributed by atoms with van der Waals surface area (Å²) < 4.78 is 11.6. The Morgan fingerprint density at radius 1 is 1.62 bits per heavy atom. The summed E-state index contributed by atoms with van der Waals surface area (Å²) in [4.78, 5) is 3.68. The Morgan fingerprint density at radius 3 is 2.88 bits per heavy atom. The first-order chi connectivity index (χ1) is 3.93. The summed E-state index contributed by atoms with van der Waals surface area (Å²) in [5, 5.41) is 0. The highest BCUT2D eigenvalue weighted by molar-refractivity contribution is 5.13. The van der Waals surface area contributed by atoms with Gasteiger partial charge in [0.25, 0.3) is 0 Å². The fraction of sp³-hybridized carbons (Fsp3) is 0. The second-order valence-electron chi connectivity index (χ2n) is 1.40.